The number of benzene rings is 1. The number of nitrogens with one attached hydrogen (secondary N) is 2. The first-order chi connectivity index (χ1) is 9.72. The SMILES string of the molecule is CNCc1cccc(NC(=O)c2cc(COC)on2)c1.Cl. The van der Waals surface area contributed by atoms with E-state index in [0.29, 0.717) is 5.76 Å². The Morgan fingerprint density at radius 1 is 1.38 bits per heavy atom. The number of methoxy groups -OCH3 is 1. The lowest BCUT2D eigenvalue weighted by molar-refractivity contribution is 0.101. The summed E-state index contributed by atoms with van der Waals surface area (Å²) in [5.74, 6) is 0.208. The number of ether oxygens (including phenoxy) is 1. The molecule has 7 heteroatoms. The molecule has 0 bridgehead atoms. The first kappa shape index (κ1) is 17.2. The normalized spacial score (nSPS) is 10.0. The first-order valence-electron chi connectivity index (χ1n) is 6.22. The summed E-state index contributed by atoms with van der Waals surface area (Å²) in [7, 11) is 3.42. The van der Waals surface area contributed by atoms with Gasteiger partial charge in [-0.05, 0) is 24.7 Å². The Morgan fingerprint density at radius 3 is 2.90 bits per heavy atom. The van der Waals surface area contributed by atoms with Crippen molar-refractivity contribution in [3.63, 3.8) is 0 Å². The molecule has 6 nitrogen and oxygen atoms in total. The second-order valence-electron chi connectivity index (χ2n) is 4.30. The Morgan fingerprint density at radius 2 is 2.19 bits per heavy atom. The van der Waals surface area contributed by atoms with Crippen LogP contribution in [0.2, 0.25) is 0 Å². The molecule has 0 aliphatic heterocycles. The van der Waals surface area contributed by atoms with Crippen molar-refractivity contribution in [1.29, 1.82) is 0 Å². The van der Waals surface area contributed by atoms with Crippen molar-refractivity contribution in [1.82, 2.24) is 10.5 Å². The molecule has 0 aliphatic carbocycles. The molecule has 0 atom stereocenters. The molecule has 2 rings (SSSR count). The highest BCUT2D eigenvalue weighted by atomic mass is 35.5. The van der Waals surface area contributed by atoms with E-state index in [1.54, 1.807) is 13.2 Å². The maximum absolute atomic E-state index is 12.0. The highest BCUT2D eigenvalue weighted by molar-refractivity contribution is 6.02. The summed E-state index contributed by atoms with van der Waals surface area (Å²) in [5, 5.41) is 9.55. The van der Waals surface area contributed by atoms with E-state index in [4.69, 9.17) is 9.26 Å². The summed E-state index contributed by atoms with van der Waals surface area (Å²) >= 11 is 0. The van der Waals surface area contributed by atoms with E-state index in [2.05, 4.69) is 15.8 Å². The second-order valence-corrected chi connectivity index (χ2v) is 4.30. The van der Waals surface area contributed by atoms with Gasteiger partial charge in [0, 0.05) is 25.4 Å². The summed E-state index contributed by atoms with van der Waals surface area (Å²) in [6.45, 7) is 1.03. The van der Waals surface area contributed by atoms with Crippen LogP contribution in [0, 0.1) is 0 Å². The molecular formula is C14H18ClN3O3. The van der Waals surface area contributed by atoms with Gasteiger partial charge in [0.2, 0.25) is 0 Å². The van der Waals surface area contributed by atoms with Gasteiger partial charge in [-0.15, -0.1) is 12.4 Å². The van der Waals surface area contributed by atoms with E-state index in [0.717, 1.165) is 17.8 Å². The number of nitrogens with zero attached hydrogens (tertiary/aromatic N) is 1. The standard InChI is InChI=1S/C14H17N3O3.ClH/c1-15-8-10-4-3-5-11(6-10)16-14(18)13-7-12(9-19-2)20-17-13;/h3-7,15H,8-9H2,1-2H3,(H,16,18);1H. The quantitative estimate of drug-likeness (QED) is 0.855. The van der Waals surface area contributed by atoms with Gasteiger partial charge in [0.15, 0.2) is 11.5 Å². The third-order valence-corrected chi connectivity index (χ3v) is 2.64. The fourth-order valence-corrected chi connectivity index (χ4v) is 1.79. The zero-order valence-electron chi connectivity index (χ0n) is 11.9. The molecule has 1 heterocycles. The number of carbonyl (C=O) groups is 1. The molecule has 1 aromatic heterocycles. The molecule has 0 saturated carbocycles. The van der Waals surface area contributed by atoms with Crippen LogP contribution in [0.15, 0.2) is 34.9 Å². The molecule has 0 unspecified atom stereocenters. The van der Waals surface area contributed by atoms with E-state index < -0.39 is 0 Å². The van der Waals surface area contributed by atoms with Gasteiger partial charge < -0.3 is 19.9 Å². The summed E-state index contributed by atoms with van der Waals surface area (Å²) in [5.41, 5.74) is 2.04. The zero-order chi connectivity index (χ0) is 14.4. The Kier molecular flexibility index (Phi) is 6.87. The Labute approximate surface area is 129 Å². The van der Waals surface area contributed by atoms with Gasteiger partial charge in [-0.3, -0.25) is 4.79 Å². The van der Waals surface area contributed by atoms with E-state index >= 15 is 0 Å². The average molecular weight is 312 g/mol. The van der Waals surface area contributed by atoms with Crippen LogP contribution >= 0.6 is 12.4 Å². The van der Waals surface area contributed by atoms with Crippen molar-refractivity contribution in [2.45, 2.75) is 13.2 Å². The fraction of sp³-hybridized carbons (Fsp3) is 0.286. The molecule has 2 N–H and O–H groups in total. The Balaban J connectivity index is 0.00000220. The van der Waals surface area contributed by atoms with Crippen LogP contribution in [0.3, 0.4) is 0 Å². The van der Waals surface area contributed by atoms with E-state index in [1.165, 1.54) is 0 Å². The minimum atomic E-state index is -0.308. The van der Waals surface area contributed by atoms with E-state index in [-0.39, 0.29) is 30.6 Å². The molecular weight excluding hydrogens is 294 g/mol. The maximum Gasteiger partial charge on any atom is 0.277 e. The van der Waals surface area contributed by atoms with Gasteiger partial charge in [0.25, 0.3) is 5.91 Å². The van der Waals surface area contributed by atoms with Crippen LogP contribution in [-0.2, 0) is 17.9 Å². The molecule has 1 amide bonds. The predicted molar refractivity (Wildman–Crippen MR) is 81.6 cm³/mol. The number of carbonyl (C=O) groups excluding carboxylic acids is 1. The molecule has 114 valence electrons. The zero-order valence-corrected chi connectivity index (χ0v) is 12.7. The average Bonchev–Trinajstić information content (AvgIpc) is 2.89. The highest BCUT2D eigenvalue weighted by Gasteiger charge is 2.12. The molecule has 0 spiro atoms. The molecule has 21 heavy (non-hydrogen) atoms. The van der Waals surface area contributed by atoms with E-state index in [9.17, 15) is 4.79 Å². The van der Waals surface area contributed by atoms with Crippen molar-refractivity contribution in [2.75, 3.05) is 19.5 Å². The topological polar surface area (TPSA) is 76.4 Å². The summed E-state index contributed by atoms with van der Waals surface area (Å²) < 4.78 is 9.89. The summed E-state index contributed by atoms with van der Waals surface area (Å²) in [4.78, 5) is 12.0. The van der Waals surface area contributed by atoms with Gasteiger partial charge in [0.05, 0.1) is 0 Å². The molecule has 0 fully saturated rings. The molecule has 0 radical (unpaired) electrons. The van der Waals surface area contributed by atoms with Crippen LogP contribution in [-0.4, -0.2) is 25.2 Å². The lowest BCUT2D eigenvalue weighted by atomic mass is 10.2. The number of hydrogen-bond donors (Lipinski definition) is 2. The van der Waals surface area contributed by atoms with Crippen LogP contribution in [0.4, 0.5) is 5.69 Å². The first-order valence-corrected chi connectivity index (χ1v) is 6.22. The smallest absolute Gasteiger partial charge is 0.277 e. The minimum Gasteiger partial charge on any atom is -0.377 e. The summed E-state index contributed by atoms with van der Waals surface area (Å²) in [6, 6.07) is 9.18. The number of amides is 1. The third-order valence-electron chi connectivity index (χ3n) is 2.64. The summed E-state index contributed by atoms with van der Waals surface area (Å²) in [6.07, 6.45) is 0. The van der Waals surface area contributed by atoms with E-state index in [1.807, 2.05) is 31.3 Å². The van der Waals surface area contributed by atoms with Crippen LogP contribution < -0.4 is 10.6 Å². The van der Waals surface area contributed by atoms with Gasteiger partial charge in [-0.25, -0.2) is 0 Å². The lowest BCUT2D eigenvalue weighted by Gasteiger charge is -2.05. The number of rotatable bonds is 6. The van der Waals surface area contributed by atoms with Crippen LogP contribution in [0.1, 0.15) is 21.8 Å². The van der Waals surface area contributed by atoms with Crippen molar-refractivity contribution >= 4 is 24.0 Å². The largest absolute Gasteiger partial charge is 0.377 e. The van der Waals surface area contributed by atoms with Crippen molar-refractivity contribution in [2.24, 2.45) is 0 Å². The van der Waals surface area contributed by atoms with Gasteiger partial charge in [0.1, 0.15) is 6.61 Å². The number of aromatic nitrogens is 1. The van der Waals surface area contributed by atoms with Gasteiger partial charge in [-0.1, -0.05) is 17.3 Å². The van der Waals surface area contributed by atoms with Crippen molar-refractivity contribution < 1.29 is 14.1 Å². The number of hydrogen-bond acceptors (Lipinski definition) is 5. The second kappa shape index (κ2) is 8.41. The Bertz CT molecular complexity index is 586. The highest BCUT2D eigenvalue weighted by Crippen LogP contribution is 2.13. The minimum absolute atomic E-state index is 0. The third kappa shape index (κ3) is 4.86. The molecule has 0 saturated heterocycles. The van der Waals surface area contributed by atoms with Gasteiger partial charge in [-0.2, -0.15) is 0 Å². The Hall–Kier alpha value is -1.89. The number of halogens is 1. The number of anilines is 1. The predicted octanol–water partition coefficient (Wildman–Crippen LogP) is 2.21. The van der Waals surface area contributed by atoms with Crippen LogP contribution in [0.25, 0.3) is 0 Å². The van der Waals surface area contributed by atoms with Gasteiger partial charge >= 0.3 is 0 Å². The fourth-order valence-electron chi connectivity index (χ4n) is 1.79. The molecule has 0 aliphatic rings. The maximum atomic E-state index is 12.0. The van der Waals surface area contributed by atoms with Crippen molar-refractivity contribution in [3.05, 3.63) is 47.3 Å². The molecule has 2 aromatic rings. The van der Waals surface area contributed by atoms with Crippen LogP contribution in [0.5, 0.6) is 0 Å². The lowest BCUT2D eigenvalue weighted by Crippen LogP contribution is -2.13. The van der Waals surface area contributed by atoms with Crippen molar-refractivity contribution in [3.8, 4) is 0 Å². The molecule has 1 aromatic carbocycles. The monoisotopic (exact) mass is 311 g/mol.